The smallest absolute Gasteiger partial charge is 0.269 e. The lowest BCUT2D eigenvalue weighted by Crippen LogP contribution is -2.33. The predicted octanol–water partition coefficient (Wildman–Crippen LogP) is -0.100. The van der Waals surface area contributed by atoms with Crippen molar-refractivity contribution < 1.29 is 14.3 Å². The number of ether oxygens (including phenoxy) is 1. The number of rotatable bonds is 7. The molecule has 9 nitrogen and oxygen atoms in total. The minimum Gasteiger partial charge on any atom is -0.383 e. The Bertz CT molecular complexity index is 709. The van der Waals surface area contributed by atoms with Gasteiger partial charge in [-0.1, -0.05) is 0 Å². The Morgan fingerprint density at radius 2 is 2.29 bits per heavy atom. The van der Waals surface area contributed by atoms with E-state index >= 15 is 0 Å². The van der Waals surface area contributed by atoms with E-state index in [0.29, 0.717) is 31.1 Å². The van der Waals surface area contributed by atoms with Crippen LogP contribution in [0.5, 0.6) is 0 Å². The van der Waals surface area contributed by atoms with Crippen molar-refractivity contribution in [1.29, 1.82) is 0 Å². The van der Waals surface area contributed by atoms with E-state index < -0.39 is 0 Å². The average Bonchev–Trinajstić information content (AvgIpc) is 3.30. The van der Waals surface area contributed by atoms with Gasteiger partial charge in [-0.25, -0.2) is 4.98 Å². The van der Waals surface area contributed by atoms with Gasteiger partial charge < -0.3 is 19.9 Å². The third-order valence-electron chi connectivity index (χ3n) is 4.01. The van der Waals surface area contributed by atoms with Gasteiger partial charge in [0.05, 0.1) is 18.8 Å². The number of aromatic nitrogens is 4. The van der Waals surface area contributed by atoms with Gasteiger partial charge in [0.1, 0.15) is 17.2 Å². The number of amides is 2. The Labute approximate surface area is 138 Å². The highest BCUT2D eigenvalue weighted by atomic mass is 16.5. The van der Waals surface area contributed by atoms with Crippen molar-refractivity contribution in [3.05, 3.63) is 35.7 Å². The zero-order valence-corrected chi connectivity index (χ0v) is 13.4. The molecule has 1 atom stereocenters. The molecule has 9 heteroatoms. The molecule has 1 unspecified atom stereocenters. The lowest BCUT2D eigenvalue weighted by molar-refractivity contribution is 0.0926. The van der Waals surface area contributed by atoms with Crippen LogP contribution in [0, 0.1) is 0 Å². The van der Waals surface area contributed by atoms with Crippen LogP contribution in [-0.4, -0.2) is 58.4 Å². The number of imidazole rings is 1. The number of hydrogen-bond acceptors (Lipinski definition) is 5. The number of carbonyl (C=O) groups excluding carboxylic acids is 2. The molecule has 24 heavy (non-hydrogen) atoms. The maximum absolute atomic E-state index is 12.3. The number of nitrogens with one attached hydrogen (secondary N) is 3. The Balaban J connectivity index is 1.64. The molecule has 3 N–H and O–H groups in total. The van der Waals surface area contributed by atoms with Crippen LogP contribution in [-0.2, 0) is 11.2 Å². The third-order valence-corrected chi connectivity index (χ3v) is 4.01. The first-order valence-electron chi connectivity index (χ1n) is 7.81. The average molecular weight is 332 g/mol. The van der Waals surface area contributed by atoms with E-state index in [4.69, 9.17) is 4.74 Å². The summed E-state index contributed by atoms with van der Waals surface area (Å²) < 4.78 is 6.84. The molecule has 0 radical (unpaired) electrons. The first-order chi connectivity index (χ1) is 11.7. The maximum atomic E-state index is 12.3. The second-order valence-electron chi connectivity index (χ2n) is 5.55. The number of aryl methyl sites for hydroxylation is 1. The number of nitrogens with zero attached hydrogens (tertiary/aromatic N) is 3. The number of methoxy groups -OCH3 is 1. The van der Waals surface area contributed by atoms with Crippen LogP contribution in [0.3, 0.4) is 0 Å². The van der Waals surface area contributed by atoms with Crippen molar-refractivity contribution in [2.45, 2.75) is 18.9 Å². The van der Waals surface area contributed by atoms with E-state index in [0.717, 1.165) is 18.7 Å². The van der Waals surface area contributed by atoms with E-state index in [9.17, 15) is 9.59 Å². The van der Waals surface area contributed by atoms with Crippen LogP contribution in [0.15, 0.2) is 18.5 Å². The molecule has 0 aliphatic carbocycles. The first kappa shape index (κ1) is 16.2. The Hall–Kier alpha value is -2.68. The molecule has 2 aromatic rings. The van der Waals surface area contributed by atoms with Crippen molar-refractivity contribution in [3.63, 3.8) is 0 Å². The van der Waals surface area contributed by atoms with Crippen molar-refractivity contribution in [3.8, 4) is 0 Å². The number of aromatic amines is 1. The van der Waals surface area contributed by atoms with Crippen LogP contribution in [0.1, 0.15) is 39.3 Å². The molecule has 0 saturated carbocycles. The SMILES string of the molecule is COCCNC(=O)c1cnc2n1C(CNC(=O)c1ccn[nH]1)CC2. The van der Waals surface area contributed by atoms with E-state index in [1.807, 2.05) is 4.57 Å². The molecule has 1 aliphatic rings. The zero-order valence-electron chi connectivity index (χ0n) is 13.4. The minimum absolute atomic E-state index is 0.0116. The molecule has 0 saturated heterocycles. The first-order valence-corrected chi connectivity index (χ1v) is 7.81. The molecule has 0 spiro atoms. The summed E-state index contributed by atoms with van der Waals surface area (Å²) in [6.07, 6.45) is 4.74. The molecular weight excluding hydrogens is 312 g/mol. The van der Waals surface area contributed by atoms with Crippen LogP contribution in [0.2, 0.25) is 0 Å². The summed E-state index contributed by atoms with van der Waals surface area (Å²) in [5, 5.41) is 12.1. The maximum Gasteiger partial charge on any atom is 0.269 e. The molecule has 2 aromatic heterocycles. The molecular formula is C15H20N6O3. The molecule has 3 heterocycles. The topological polar surface area (TPSA) is 114 Å². The van der Waals surface area contributed by atoms with Crippen molar-refractivity contribution in [2.75, 3.05) is 26.8 Å². The summed E-state index contributed by atoms with van der Waals surface area (Å²) in [5.41, 5.74) is 0.927. The lowest BCUT2D eigenvalue weighted by atomic mass is 10.2. The van der Waals surface area contributed by atoms with E-state index in [2.05, 4.69) is 25.8 Å². The number of H-pyrrole nitrogens is 1. The van der Waals surface area contributed by atoms with Gasteiger partial charge in [-0.3, -0.25) is 14.7 Å². The van der Waals surface area contributed by atoms with Gasteiger partial charge >= 0.3 is 0 Å². The summed E-state index contributed by atoms with van der Waals surface area (Å²) >= 11 is 0. The van der Waals surface area contributed by atoms with Crippen LogP contribution >= 0.6 is 0 Å². The molecule has 0 bridgehead atoms. The summed E-state index contributed by atoms with van der Waals surface area (Å²) in [4.78, 5) is 28.6. The molecule has 3 rings (SSSR count). The monoisotopic (exact) mass is 332 g/mol. The summed E-state index contributed by atoms with van der Waals surface area (Å²) in [6, 6.07) is 1.62. The van der Waals surface area contributed by atoms with Crippen molar-refractivity contribution >= 4 is 11.8 Å². The van der Waals surface area contributed by atoms with Crippen LogP contribution in [0.4, 0.5) is 0 Å². The van der Waals surface area contributed by atoms with E-state index in [1.165, 1.54) is 6.20 Å². The molecule has 0 fully saturated rings. The second-order valence-corrected chi connectivity index (χ2v) is 5.55. The lowest BCUT2D eigenvalue weighted by Gasteiger charge is -2.16. The Kier molecular flexibility index (Phi) is 4.90. The van der Waals surface area contributed by atoms with Crippen LogP contribution in [0.25, 0.3) is 0 Å². The largest absolute Gasteiger partial charge is 0.383 e. The van der Waals surface area contributed by atoms with Gasteiger partial charge in [-0.05, 0) is 12.5 Å². The fourth-order valence-corrected chi connectivity index (χ4v) is 2.82. The highest BCUT2D eigenvalue weighted by molar-refractivity contribution is 5.93. The second kappa shape index (κ2) is 7.26. The number of hydrogen-bond donors (Lipinski definition) is 3. The van der Waals surface area contributed by atoms with Crippen molar-refractivity contribution in [1.82, 2.24) is 30.4 Å². The molecule has 128 valence electrons. The van der Waals surface area contributed by atoms with E-state index in [1.54, 1.807) is 19.4 Å². The summed E-state index contributed by atoms with van der Waals surface area (Å²) in [6.45, 7) is 1.33. The molecule has 1 aliphatic heterocycles. The quantitative estimate of drug-likeness (QED) is 0.613. The van der Waals surface area contributed by atoms with Gasteiger partial charge in [0.15, 0.2) is 0 Å². The number of fused-ring (bicyclic) bond motifs is 1. The Morgan fingerprint density at radius 1 is 1.42 bits per heavy atom. The molecule has 2 amide bonds. The van der Waals surface area contributed by atoms with Crippen molar-refractivity contribution in [2.24, 2.45) is 0 Å². The van der Waals surface area contributed by atoms with Gasteiger partial charge in [-0.15, -0.1) is 0 Å². The van der Waals surface area contributed by atoms with Gasteiger partial charge in [-0.2, -0.15) is 5.10 Å². The predicted molar refractivity (Wildman–Crippen MR) is 84.7 cm³/mol. The Morgan fingerprint density at radius 3 is 3.04 bits per heavy atom. The normalized spacial score (nSPS) is 16.0. The fraction of sp³-hybridized carbons (Fsp3) is 0.467. The summed E-state index contributed by atoms with van der Waals surface area (Å²) in [5.74, 6) is 0.470. The van der Waals surface area contributed by atoms with E-state index in [-0.39, 0.29) is 17.9 Å². The third kappa shape index (κ3) is 3.30. The summed E-state index contributed by atoms with van der Waals surface area (Å²) in [7, 11) is 1.58. The van der Waals surface area contributed by atoms with Crippen LogP contribution < -0.4 is 10.6 Å². The highest BCUT2D eigenvalue weighted by Gasteiger charge is 2.28. The highest BCUT2D eigenvalue weighted by Crippen LogP contribution is 2.26. The fourth-order valence-electron chi connectivity index (χ4n) is 2.82. The number of carbonyl (C=O) groups is 2. The minimum atomic E-state index is -0.216. The van der Waals surface area contributed by atoms with Gasteiger partial charge in [0, 0.05) is 32.8 Å². The zero-order chi connectivity index (χ0) is 16.9. The van der Waals surface area contributed by atoms with Gasteiger partial charge in [0.2, 0.25) is 0 Å². The van der Waals surface area contributed by atoms with Gasteiger partial charge in [0.25, 0.3) is 11.8 Å². The standard InChI is InChI=1S/C15H20N6O3/c1-24-7-6-16-15(23)12-9-17-13-3-2-10(21(12)13)8-18-14(22)11-4-5-19-20-11/h4-5,9-10H,2-3,6-8H2,1H3,(H,16,23)(H,18,22)(H,19,20). The molecule has 0 aromatic carbocycles.